The average molecular weight is 388 g/mol. The fourth-order valence-corrected chi connectivity index (χ4v) is 4.80. The summed E-state index contributed by atoms with van der Waals surface area (Å²) in [7, 11) is -3.43. The van der Waals surface area contributed by atoms with Crippen LogP contribution in [0, 0.1) is 0 Å². The molecule has 1 atom stereocenters. The van der Waals surface area contributed by atoms with E-state index in [-0.39, 0.29) is 0 Å². The molecule has 3 rings (SSSR count). The minimum Gasteiger partial charge on any atom is -0.368 e. The molecule has 3 N–H and O–H groups in total. The lowest BCUT2D eigenvalue weighted by Gasteiger charge is -2.26. The van der Waals surface area contributed by atoms with Gasteiger partial charge in [0.25, 0.3) is 0 Å². The highest BCUT2D eigenvalue weighted by Crippen LogP contribution is 2.21. The first kappa shape index (κ1) is 19.5. The van der Waals surface area contributed by atoms with Crippen molar-refractivity contribution in [2.24, 2.45) is 5.73 Å². The van der Waals surface area contributed by atoms with Gasteiger partial charge in [-0.05, 0) is 36.1 Å². The number of amides is 1. The van der Waals surface area contributed by atoms with E-state index in [2.05, 4.69) is 5.32 Å². The second-order valence-electron chi connectivity index (χ2n) is 6.74. The van der Waals surface area contributed by atoms with Crippen LogP contribution in [0.25, 0.3) is 0 Å². The Hall–Kier alpha value is -2.22. The number of piperidine rings is 1. The van der Waals surface area contributed by atoms with Gasteiger partial charge in [0, 0.05) is 19.6 Å². The van der Waals surface area contributed by atoms with Crippen molar-refractivity contribution in [3.8, 4) is 0 Å². The van der Waals surface area contributed by atoms with Gasteiger partial charge in [0.2, 0.25) is 15.9 Å². The van der Waals surface area contributed by atoms with Crippen molar-refractivity contribution >= 4 is 15.9 Å². The van der Waals surface area contributed by atoms with Crippen molar-refractivity contribution in [2.75, 3.05) is 13.1 Å². The average Bonchev–Trinajstić information content (AvgIpc) is 2.70. The van der Waals surface area contributed by atoms with Gasteiger partial charge in [-0.1, -0.05) is 48.9 Å². The van der Waals surface area contributed by atoms with Crippen LogP contribution in [0.5, 0.6) is 0 Å². The van der Waals surface area contributed by atoms with Gasteiger partial charge in [-0.25, -0.2) is 8.42 Å². The summed E-state index contributed by atoms with van der Waals surface area (Å²) in [6.07, 6.45) is 2.91. The first-order valence-electron chi connectivity index (χ1n) is 9.15. The van der Waals surface area contributed by atoms with Crippen LogP contribution in [-0.4, -0.2) is 31.7 Å². The first-order valence-corrected chi connectivity index (χ1v) is 10.6. The number of nitrogens with zero attached hydrogens (tertiary/aromatic N) is 1. The number of sulfonamides is 1. The molecule has 0 unspecified atom stereocenters. The molecule has 1 fully saturated rings. The summed E-state index contributed by atoms with van der Waals surface area (Å²) in [6, 6.07) is 15.5. The molecule has 0 aromatic heterocycles. The van der Waals surface area contributed by atoms with Crippen LogP contribution in [0.15, 0.2) is 59.5 Å². The van der Waals surface area contributed by atoms with E-state index in [1.54, 1.807) is 28.6 Å². The molecule has 27 heavy (non-hydrogen) atoms. The summed E-state index contributed by atoms with van der Waals surface area (Å²) >= 11 is 0. The second kappa shape index (κ2) is 8.65. The monoisotopic (exact) mass is 387 g/mol. The maximum absolute atomic E-state index is 12.7. The van der Waals surface area contributed by atoms with E-state index in [0.717, 1.165) is 30.4 Å². The molecule has 1 saturated heterocycles. The predicted octanol–water partition coefficient (Wildman–Crippen LogP) is 2.18. The quantitative estimate of drug-likeness (QED) is 0.762. The normalized spacial score (nSPS) is 16.7. The van der Waals surface area contributed by atoms with E-state index in [1.807, 2.05) is 30.3 Å². The van der Waals surface area contributed by atoms with Gasteiger partial charge < -0.3 is 5.73 Å². The zero-order valence-corrected chi connectivity index (χ0v) is 16.0. The lowest BCUT2D eigenvalue weighted by Crippen LogP contribution is -2.35. The van der Waals surface area contributed by atoms with Crippen LogP contribution in [-0.2, 0) is 21.4 Å². The largest absolute Gasteiger partial charge is 0.368 e. The maximum Gasteiger partial charge on any atom is 0.243 e. The van der Waals surface area contributed by atoms with E-state index in [4.69, 9.17) is 5.73 Å². The van der Waals surface area contributed by atoms with Crippen LogP contribution < -0.4 is 11.1 Å². The Balaban J connectivity index is 1.67. The van der Waals surface area contributed by atoms with Gasteiger partial charge in [-0.2, -0.15) is 4.31 Å². The molecular formula is C20H25N3O3S. The summed E-state index contributed by atoms with van der Waals surface area (Å²) in [5.41, 5.74) is 7.19. The Morgan fingerprint density at radius 2 is 1.63 bits per heavy atom. The highest BCUT2D eigenvalue weighted by molar-refractivity contribution is 7.89. The van der Waals surface area contributed by atoms with Crippen LogP contribution in [0.2, 0.25) is 0 Å². The second-order valence-corrected chi connectivity index (χ2v) is 8.67. The van der Waals surface area contributed by atoms with Gasteiger partial charge in [0.15, 0.2) is 0 Å². The fourth-order valence-electron chi connectivity index (χ4n) is 3.28. The van der Waals surface area contributed by atoms with Gasteiger partial charge in [-0.3, -0.25) is 10.1 Å². The van der Waals surface area contributed by atoms with Gasteiger partial charge in [-0.15, -0.1) is 0 Å². The van der Waals surface area contributed by atoms with E-state index in [9.17, 15) is 13.2 Å². The van der Waals surface area contributed by atoms with Crippen molar-refractivity contribution < 1.29 is 13.2 Å². The zero-order chi connectivity index (χ0) is 19.3. The van der Waals surface area contributed by atoms with Crippen molar-refractivity contribution in [1.29, 1.82) is 0 Å². The first-order chi connectivity index (χ1) is 13.0. The predicted molar refractivity (Wildman–Crippen MR) is 104 cm³/mol. The number of carbonyl (C=O) groups excluding carboxylic acids is 1. The van der Waals surface area contributed by atoms with Crippen LogP contribution in [0.3, 0.4) is 0 Å². The number of nitrogens with one attached hydrogen (secondary N) is 1. The fraction of sp³-hybridized carbons (Fsp3) is 0.350. The maximum atomic E-state index is 12.7. The third-order valence-electron chi connectivity index (χ3n) is 4.80. The molecule has 1 amide bonds. The lowest BCUT2D eigenvalue weighted by atomic mass is 10.1. The molecule has 0 spiro atoms. The lowest BCUT2D eigenvalue weighted by molar-refractivity contribution is -0.120. The topological polar surface area (TPSA) is 92.5 Å². The van der Waals surface area contributed by atoms with Crippen LogP contribution >= 0.6 is 0 Å². The summed E-state index contributed by atoms with van der Waals surface area (Å²) in [5.74, 6) is -0.453. The summed E-state index contributed by atoms with van der Waals surface area (Å²) < 4.78 is 26.9. The molecule has 0 aliphatic carbocycles. The zero-order valence-electron chi connectivity index (χ0n) is 15.2. The molecule has 1 aliphatic heterocycles. The minimum absolute atomic E-state index is 0.308. The summed E-state index contributed by atoms with van der Waals surface area (Å²) in [6.45, 7) is 1.58. The summed E-state index contributed by atoms with van der Waals surface area (Å²) in [5, 5.41) is 3.14. The Morgan fingerprint density at radius 1 is 1.00 bits per heavy atom. The molecule has 1 heterocycles. The molecule has 6 nitrogen and oxygen atoms in total. The SMILES string of the molecule is NC(=O)[C@@H](NCc1ccc(S(=O)(=O)N2CCCCC2)cc1)c1ccccc1. The highest BCUT2D eigenvalue weighted by Gasteiger charge is 2.25. The Kier molecular flexibility index (Phi) is 6.26. The van der Waals surface area contributed by atoms with Crippen molar-refractivity contribution in [3.63, 3.8) is 0 Å². The molecule has 2 aromatic rings. The molecule has 0 saturated carbocycles. The third-order valence-corrected chi connectivity index (χ3v) is 6.72. The number of nitrogens with two attached hydrogens (primary N) is 1. The standard InChI is InChI=1S/C20H25N3O3S/c21-20(24)19(17-7-3-1-4-8-17)22-15-16-9-11-18(12-10-16)27(25,26)23-13-5-2-6-14-23/h1,3-4,7-12,19,22H,2,5-6,13-15H2,(H2,21,24)/t19-/m0/s1. The number of hydrogen-bond acceptors (Lipinski definition) is 4. The third kappa shape index (κ3) is 4.74. The summed E-state index contributed by atoms with van der Waals surface area (Å²) in [4.78, 5) is 12.1. The Morgan fingerprint density at radius 3 is 2.22 bits per heavy atom. The van der Waals surface area contributed by atoms with E-state index >= 15 is 0 Å². The van der Waals surface area contributed by atoms with Crippen LogP contribution in [0.4, 0.5) is 0 Å². The molecule has 144 valence electrons. The number of carbonyl (C=O) groups is 1. The van der Waals surface area contributed by atoms with Gasteiger partial charge in [0.1, 0.15) is 6.04 Å². The molecule has 7 heteroatoms. The van der Waals surface area contributed by atoms with Crippen molar-refractivity contribution in [1.82, 2.24) is 9.62 Å². The Labute approximate surface area is 160 Å². The van der Waals surface area contributed by atoms with E-state index < -0.39 is 22.0 Å². The van der Waals surface area contributed by atoms with Gasteiger partial charge in [0.05, 0.1) is 4.90 Å². The minimum atomic E-state index is -3.43. The molecule has 1 aliphatic rings. The smallest absolute Gasteiger partial charge is 0.243 e. The van der Waals surface area contributed by atoms with Crippen molar-refractivity contribution in [2.45, 2.75) is 36.7 Å². The molecule has 2 aromatic carbocycles. The van der Waals surface area contributed by atoms with Crippen LogP contribution in [0.1, 0.15) is 36.4 Å². The Bertz CT molecular complexity index is 861. The number of benzene rings is 2. The van der Waals surface area contributed by atoms with E-state index in [1.165, 1.54) is 0 Å². The number of primary amides is 1. The molecule has 0 radical (unpaired) electrons. The number of hydrogen-bond donors (Lipinski definition) is 2. The van der Waals surface area contributed by atoms with Crippen molar-refractivity contribution in [3.05, 3.63) is 65.7 Å². The van der Waals surface area contributed by atoms with Gasteiger partial charge >= 0.3 is 0 Å². The number of rotatable bonds is 7. The molecular weight excluding hydrogens is 362 g/mol. The van der Waals surface area contributed by atoms with E-state index in [0.29, 0.717) is 24.5 Å². The highest BCUT2D eigenvalue weighted by atomic mass is 32.2. The molecule has 0 bridgehead atoms.